The van der Waals surface area contributed by atoms with Gasteiger partial charge in [0.15, 0.2) is 11.5 Å². The Bertz CT molecular complexity index is 1080. The second kappa shape index (κ2) is 8.61. The van der Waals surface area contributed by atoms with Gasteiger partial charge in [-0.3, -0.25) is 4.79 Å². The Balaban J connectivity index is 1.44. The number of aromatic nitrogens is 2. The zero-order chi connectivity index (χ0) is 21.2. The van der Waals surface area contributed by atoms with Crippen LogP contribution in [0.3, 0.4) is 0 Å². The summed E-state index contributed by atoms with van der Waals surface area (Å²) in [6.07, 6.45) is 6.71. The second-order valence-corrected chi connectivity index (χ2v) is 8.65. The molecule has 0 atom stereocenters. The van der Waals surface area contributed by atoms with Gasteiger partial charge in [-0.2, -0.15) is 0 Å². The van der Waals surface area contributed by atoms with Crippen molar-refractivity contribution in [1.82, 2.24) is 14.5 Å². The molecule has 1 aliphatic carbocycles. The highest BCUT2D eigenvalue weighted by Gasteiger charge is 2.27. The second-order valence-electron chi connectivity index (χ2n) is 8.65. The number of hydrogen-bond acceptors (Lipinski definition) is 4. The maximum atomic E-state index is 13.7. The van der Waals surface area contributed by atoms with E-state index in [1.54, 1.807) is 0 Å². The zero-order valence-corrected chi connectivity index (χ0v) is 18.0. The summed E-state index contributed by atoms with van der Waals surface area (Å²) in [4.78, 5) is 20.5. The van der Waals surface area contributed by atoms with Crippen molar-refractivity contribution >= 4 is 16.9 Å². The average molecular weight is 420 g/mol. The smallest absolute Gasteiger partial charge is 0.231 e. The van der Waals surface area contributed by atoms with Crippen LogP contribution in [0.25, 0.3) is 11.0 Å². The lowest BCUT2D eigenvalue weighted by atomic mass is 9.98. The molecule has 1 aliphatic heterocycles. The van der Waals surface area contributed by atoms with Crippen LogP contribution in [0.2, 0.25) is 0 Å². The van der Waals surface area contributed by atoms with E-state index in [-0.39, 0.29) is 18.6 Å². The first kappa shape index (κ1) is 19.9. The van der Waals surface area contributed by atoms with Crippen molar-refractivity contribution in [3.8, 4) is 11.5 Å². The van der Waals surface area contributed by atoms with Crippen molar-refractivity contribution in [3.05, 3.63) is 53.9 Å². The van der Waals surface area contributed by atoms with E-state index in [0.717, 1.165) is 59.6 Å². The van der Waals surface area contributed by atoms with E-state index in [1.807, 2.05) is 48.3 Å². The molecular formula is C25H29N3O3. The fourth-order valence-corrected chi connectivity index (χ4v) is 4.76. The summed E-state index contributed by atoms with van der Waals surface area (Å²) in [6.45, 7) is 1.29. The molecule has 2 heterocycles. The SMILES string of the molecule is Cn1c(CN(Cc2ccc3c(c2)OCO3)C(=O)C2CCCCCC2)nc2ccccc21. The summed E-state index contributed by atoms with van der Waals surface area (Å²) < 4.78 is 13.1. The van der Waals surface area contributed by atoms with Gasteiger partial charge in [-0.25, -0.2) is 4.98 Å². The molecule has 3 aromatic rings. The van der Waals surface area contributed by atoms with Gasteiger partial charge in [0, 0.05) is 19.5 Å². The van der Waals surface area contributed by atoms with Gasteiger partial charge in [0.05, 0.1) is 17.6 Å². The molecule has 31 heavy (non-hydrogen) atoms. The first-order valence-electron chi connectivity index (χ1n) is 11.3. The van der Waals surface area contributed by atoms with Crippen molar-refractivity contribution in [3.63, 3.8) is 0 Å². The summed E-state index contributed by atoms with van der Waals surface area (Å²) in [5.41, 5.74) is 3.09. The van der Waals surface area contributed by atoms with Crippen LogP contribution >= 0.6 is 0 Å². The quantitative estimate of drug-likeness (QED) is 0.558. The average Bonchev–Trinajstić information content (AvgIpc) is 3.26. The number of benzene rings is 2. The topological polar surface area (TPSA) is 56.6 Å². The number of carbonyl (C=O) groups excluding carboxylic acids is 1. The number of para-hydroxylation sites is 2. The zero-order valence-electron chi connectivity index (χ0n) is 18.0. The minimum absolute atomic E-state index is 0.103. The van der Waals surface area contributed by atoms with E-state index in [1.165, 1.54) is 12.8 Å². The predicted molar refractivity (Wildman–Crippen MR) is 119 cm³/mol. The number of imidazole rings is 1. The van der Waals surface area contributed by atoms with Crippen LogP contribution in [0.5, 0.6) is 11.5 Å². The van der Waals surface area contributed by atoms with Crippen LogP contribution in [0.1, 0.15) is 49.9 Å². The van der Waals surface area contributed by atoms with E-state index in [2.05, 4.69) is 10.6 Å². The fraction of sp³-hybridized carbons (Fsp3) is 0.440. The van der Waals surface area contributed by atoms with Gasteiger partial charge >= 0.3 is 0 Å². The largest absolute Gasteiger partial charge is 0.454 e. The maximum absolute atomic E-state index is 13.7. The molecule has 0 bridgehead atoms. The standard InChI is InChI=1S/C25H29N3O3/c1-27-21-11-7-6-10-20(21)26-24(27)16-28(25(29)19-8-4-2-3-5-9-19)15-18-12-13-22-23(14-18)31-17-30-22/h6-7,10-14,19H,2-5,8-9,15-17H2,1H3. The number of ether oxygens (including phenoxy) is 2. The Morgan fingerprint density at radius 2 is 1.81 bits per heavy atom. The number of fused-ring (bicyclic) bond motifs is 2. The van der Waals surface area contributed by atoms with E-state index < -0.39 is 0 Å². The molecule has 162 valence electrons. The van der Waals surface area contributed by atoms with Crippen LogP contribution in [0, 0.1) is 5.92 Å². The van der Waals surface area contributed by atoms with Crippen LogP contribution in [-0.2, 0) is 24.9 Å². The van der Waals surface area contributed by atoms with E-state index in [9.17, 15) is 4.79 Å². The Labute approximate surface area is 182 Å². The van der Waals surface area contributed by atoms with Gasteiger partial charge in [-0.05, 0) is 42.7 Å². The van der Waals surface area contributed by atoms with Crippen molar-refractivity contribution in [2.75, 3.05) is 6.79 Å². The molecule has 1 fully saturated rings. The molecular weight excluding hydrogens is 390 g/mol. The van der Waals surface area contributed by atoms with Crippen molar-refractivity contribution in [1.29, 1.82) is 0 Å². The molecule has 1 saturated carbocycles. The highest BCUT2D eigenvalue weighted by Crippen LogP contribution is 2.33. The number of nitrogens with zero attached hydrogens (tertiary/aromatic N) is 3. The van der Waals surface area contributed by atoms with E-state index >= 15 is 0 Å². The van der Waals surface area contributed by atoms with Crippen LogP contribution in [-0.4, -0.2) is 27.2 Å². The predicted octanol–water partition coefficient (Wildman–Crippen LogP) is 4.80. The third-order valence-corrected chi connectivity index (χ3v) is 6.54. The van der Waals surface area contributed by atoms with Gasteiger partial charge in [0.1, 0.15) is 5.82 Å². The van der Waals surface area contributed by atoms with Gasteiger partial charge in [-0.1, -0.05) is 43.9 Å². The molecule has 2 aromatic carbocycles. The van der Waals surface area contributed by atoms with Gasteiger partial charge in [0.25, 0.3) is 0 Å². The molecule has 5 rings (SSSR count). The molecule has 0 radical (unpaired) electrons. The van der Waals surface area contributed by atoms with E-state index in [4.69, 9.17) is 14.5 Å². The molecule has 0 unspecified atom stereocenters. The lowest BCUT2D eigenvalue weighted by Gasteiger charge is -2.27. The summed E-state index contributed by atoms with van der Waals surface area (Å²) in [6, 6.07) is 14.1. The highest BCUT2D eigenvalue weighted by atomic mass is 16.7. The number of amides is 1. The monoisotopic (exact) mass is 419 g/mol. The maximum Gasteiger partial charge on any atom is 0.231 e. The molecule has 6 heteroatoms. The Morgan fingerprint density at radius 3 is 2.61 bits per heavy atom. The Hall–Kier alpha value is -3.02. The third kappa shape index (κ3) is 4.11. The van der Waals surface area contributed by atoms with Gasteiger partial charge in [0.2, 0.25) is 12.7 Å². The normalized spacial score (nSPS) is 16.4. The Kier molecular flexibility index (Phi) is 5.53. The van der Waals surface area contributed by atoms with Crippen molar-refractivity contribution < 1.29 is 14.3 Å². The lowest BCUT2D eigenvalue weighted by Crippen LogP contribution is -2.36. The lowest BCUT2D eigenvalue weighted by molar-refractivity contribution is -0.137. The van der Waals surface area contributed by atoms with Crippen molar-refractivity contribution in [2.45, 2.75) is 51.6 Å². The van der Waals surface area contributed by atoms with Gasteiger partial charge < -0.3 is 18.9 Å². The minimum Gasteiger partial charge on any atom is -0.454 e. The van der Waals surface area contributed by atoms with E-state index in [0.29, 0.717) is 13.1 Å². The molecule has 0 saturated heterocycles. The summed E-state index contributed by atoms with van der Waals surface area (Å²) >= 11 is 0. The summed E-state index contributed by atoms with van der Waals surface area (Å²) in [7, 11) is 2.03. The minimum atomic E-state index is 0.103. The number of rotatable bonds is 5. The third-order valence-electron chi connectivity index (χ3n) is 6.54. The first-order chi connectivity index (χ1) is 15.2. The summed E-state index contributed by atoms with van der Waals surface area (Å²) in [5.74, 6) is 2.77. The van der Waals surface area contributed by atoms with Crippen molar-refractivity contribution in [2.24, 2.45) is 13.0 Å². The van der Waals surface area contributed by atoms with Crippen LogP contribution < -0.4 is 9.47 Å². The first-order valence-corrected chi connectivity index (χ1v) is 11.3. The van der Waals surface area contributed by atoms with Crippen LogP contribution in [0.15, 0.2) is 42.5 Å². The number of aryl methyl sites for hydroxylation is 1. The summed E-state index contributed by atoms with van der Waals surface area (Å²) in [5, 5.41) is 0. The Morgan fingerprint density at radius 1 is 1.03 bits per heavy atom. The van der Waals surface area contributed by atoms with Crippen LogP contribution in [0.4, 0.5) is 0 Å². The fourth-order valence-electron chi connectivity index (χ4n) is 4.76. The molecule has 6 nitrogen and oxygen atoms in total. The van der Waals surface area contributed by atoms with Gasteiger partial charge in [-0.15, -0.1) is 0 Å². The highest BCUT2D eigenvalue weighted by molar-refractivity contribution is 5.79. The molecule has 0 N–H and O–H groups in total. The molecule has 1 aromatic heterocycles. The molecule has 0 spiro atoms. The number of carbonyl (C=O) groups is 1. The molecule has 1 amide bonds. The number of hydrogen-bond donors (Lipinski definition) is 0. The molecule has 2 aliphatic rings.